The average Bonchev–Trinajstić information content (AvgIpc) is 3.05. The van der Waals surface area contributed by atoms with Crippen molar-refractivity contribution in [3.05, 3.63) is 60.9 Å². The second kappa shape index (κ2) is 5.78. The quantitative estimate of drug-likeness (QED) is 0.613. The molecule has 4 rings (SSSR count). The molecule has 2 aromatic heterocycles. The van der Waals surface area contributed by atoms with E-state index >= 15 is 0 Å². The number of sulfone groups is 1. The molecule has 0 unspecified atom stereocenters. The summed E-state index contributed by atoms with van der Waals surface area (Å²) in [6, 6.07) is 14.4. The molecule has 0 saturated carbocycles. The first-order valence-electron chi connectivity index (χ1n) is 7.58. The zero-order chi connectivity index (χ0) is 17.4. The molecule has 0 spiro atoms. The Balaban J connectivity index is 1.80. The number of fused-ring (bicyclic) bond motifs is 1. The van der Waals surface area contributed by atoms with Crippen molar-refractivity contribution in [1.82, 2.24) is 19.9 Å². The Morgan fingerprint density at radius 2 is 1.72 bits per heavy atom. The fourth-order valence-electron chi connectivity index (χ4n) is 2.58. The lowest BCUT2D eigenvalue weighted by atomic mass is 10.1. The van der Waals surface area contributed by atoms with Crippen LogP contribution in [0.1, 0.15) is 0 Å². The Morgan fingerprint density at radius 3 is 2.52 bits per heavy atom. The average molecular weight is 350 g/mol. The number of hydrogen-bond donors (Lipinski definition) is 1. The van der Waals surface area contributed by atoms with Crippen molar-refractivity contribution in [3.8, 4) is 22.8 Å². The Bertz CT molecular complexity index is 1150. The summed E-state index contributed by atoms with van der Waals surface area (Å²) in [5.41, 5.74) is 3.64. The summed E-state index contributed by atoms with van der Waals surface area (Å²) < 4.78 is 23.5. The molecule has 0 aliphatic carbocycles. The highest BCUT2D eigenvalue weighted by Crippen LogP contribution is 2.23. The van der Waals surface area contributed by atoms with E-state index in [0.29, 0.717) is 22.8 Å². The smallest absolute Gasteiger partial charge is 0.175 e. The molecule has 0 fully saturated rings. The van der Waals surface area contributed by atoms with Crippen molar-refractivity contribution in [2.45, 2.75) is 4.90 Å². The number of rotatable bonds is 3. The van der Waals surface area contributed by atoms with Crippen molar-refractivity contribution in [3.63, 3.8) is 0 Å². The van der Waals surface area contributed by atoms with Gasteiger partial charge in [0.1, 0.15) is 5.69 Å². The molecule has 0 saturated heterocycles. The predicted octanol–water partition coefficient (Wildman–Crippen LogP) is 3.09. The van der Waals surface area contributed by atoms with Gasteiger partial charge >= 0.3 is 0 Å². The molecule has 0 aliphatic heterocycles. The van der Waals surface area contributed by atoms with Gasteiger partial charge in [-0.3, -0.25) is 4.98 Å². The first-order chi connectivity index (χ1) is 12.0. The zero-order valence-corrected chi connectivity index (χ0v) is 14.2. The van der Waals surface area contributed by atoms with E-state index in [0.717, 1.165) is 11.0 Å². The van der Waals surface area contributed by atoms with Gasteiger partial charge in [-0.25, -0.2) is 18.4 Å². The van der Waals surface area contributed by atoms with Gasteiger partial charge in [-0.1, -0.05) is 24.3 Å². The number of nitrogens with one attached hydrogen (secondary N) is 1. The van der Waals surface area contributed by atoms with Crippen molar-refractivity contribution in [2.75, 3.05) is 6.26 Å². The Hall–Kier alpha value is -3.06. The topological polar surface area (TPSA) is 88.6 Å². The van der Waals surface area contributed by atoms with Crippen LogP contribution in [0, 0.1) is 0 Å². The second-order valence-corrected chi connectivity index (χ2v) is 7.71. The van der Waals surface area contributed by atoms with Crippen LogP contribution >= 0.6 is 0 Å². The third-order valence-corrected chi connectivity index (χ3v) is 4.93. The minimum Gasteiger partial charge on any atom is -0.337 e. The van der Waals surface area contributed by atoms with Gasteiger partial charge in [-0.15, -0.1) is 0 Å². The van der Waals surface area contributed by atoms with Gasteiger partial charge in [-0.05, 0) is 24.3 Å². The standard InChI is InChI=1S/C18H14N4O2S/c1-25(23,24)13-6-4-5-12(9-13)16-10-19-11-17(20-16)18-21-14-7-2-3-8-15(14)22-18/h2-11H,1H3,(H,21,22). The van der Waals surface area contributed by atoms with Crippen LogP contribution in [0.25, 0.3) is 33.8 Å². The summed E-state index contributed by atoms with van der Waals surface area (Å²) in [4.78, 5) is 16.8. The molecule has 2 aromatic carbocycles. The van der Waals surface area contributed by atoms with E-state index in [1.807, 2.05) is 24.3 Å². The number of para-hydroxylation sites is 2. The van der Waals surface area contributed by atoms with E-state index < -0.39 is 9.84 Å². The number of nitrogens with zero attached hydrogens (tertiary/aromatic N) is 3. The molecule has 2 heterocycles. The van der Waals surface area contributed by atoms with Crippen LogP contribution in [0.15, 0.2) is 65.8 Å². The van der Waals surface area contributed by atoms with Crippen LogP contribution in [-0.4, -0.2) is 34.6 Å². The Kier molecular flexibility index (Phi) is 3.58. The largest absolute Gasteiger partial charge is 0.337 e. The van der Waals surface area contributed by atoms with Crippen molar-refractivity contribution < 1.29 is 8.42 Å². The molecule has 0 radical (unpaired) electrons. The maximum atomic E-state index is 11.8. The van der Waals surface area contributed by atoms with E-state index in [-0.39, 0.29) is 4.90 Å². The fraction of sp³-hybridized carbons (Fsp3) is 0.0556. The van der Waals surface area contributed by atoms with Gasteiger partial charge < -0.3 is 4.98 Å². The van der Waals surface area contributed by atoms with Gasteiger partial charge in [0.2, 0.25) is 0 Å². The molecule has 6 nitrogen and oxygen atoms in total. The number of benzene rings is 2. The molecule has 0 amide bonds. The van der Waals surface area contributed by atoms with E-state index in [2.05, 4.69) is 19.9 Å². The van der Waals surface area contributed by atoms with Gasteiger partial charge in [0.25, 0.3) is 0 Å². The highest BCUT2D eigenvalue weighted by molar-refractivity contribution is 7.90. The molecule has 0 bridgehead atoms. The Labute approximate surface area is 144 Å². The number of aromatic amines is 1. The molecule has 0 atom stereocenters. The normalized spacial score (nSPS) is 11.7. The molecular formula is C18H14N4O2S. The number of imidazole rings is 1. The first kappa shape index (κ1) is 15.5. The number of H-pyrrole nitrogens is 1. The minimum absolute atomic E-state index is 0.251. The van der Waals surface area contributed by atoms with Gasteiger partial charge in [0, 0.05) is 11.8 Å². The summed E-state index contributed by atoms with van der Waals surface area (Å²) >= 11 is 0. The van der Waals surface area contributed by atoms with Crippen LogP contribution < -0.4 is 0 Å². The molecule has 25 heavy (non-hydrogen) atoms. The lowest BCUT2D eigenvalue weighted by molar-refractivity contribution is 0.602. The van der Waals surface area contributed by atoms with Crippen LogP contribution in [0.4, 0.5) is 0 Å². The van der Waals surface area contributed by atoms with E-state index in [1.54, 1.807) is 36.7 Å². The molecular weight excluding hydrogens is 336 g/mol. The highest BCUT2D eigenvalue weighted by atomic mass is 32.2. The lowest BCUT2D eigenvalue weighted by Gasteiger charge is -2.04. The minimum atomic E-state index is -3.28. The van der Waals surface area contributed by atoms with Crippen LogP contribution in [-0.2, 0) is 9.84 Å². The number of hydrogen-bond acceptors (Lipinski definition) is 5. The Morgan fingerprint density at radius 1 is 0.920 bits per heavy atom. The van der Waals surface area contributed by atoms with Gasteiger partial charge in [-0.2, -0.15) is 0 Å². The fourth-order valence-corrected chi connectivity index (χ4v) is 3.25. The van der Waals surface area contributed by atoms with E-state index in [4.69, 9.17) is 0 Å². The summed E-state index contributed by atoms with van der Waals surface area (Å²) in [5.74, 6) is 0.620. The molecule has 0 aliphatic rings. The third kappa shape index (κ3) is 3.01. The summed E-state index contributed by atoms with van der Waals surface area (Å²) in [7, 11) is -3.28. The van der Waals surface area contributed by atoms with E-state index in [1.165, 1.54) is 6.26 Å². The molecule has 124 valence electrons. The third-order valence-electron chi connectivity index (χ3n) is 3.82. The second-order valence-electron chi connectivity index (χ2n) is 5.69. The molecule has 1 N–H and O–H groups in total. The van der Waals surface area contributed by atoms with E-state index in [9.17, 15) is 8.42 Å². The number of aromatic nitrogens is 4. The molecule has 7 heteroatoms. The monoisotopic (exact) mass is 350 g/mol. The first-order valence-corrected chi connectivity index (χ1v) is 9.47. The van der Waals surface area contributed by atoms with Crippen LogP contribution in [0.2, 0.25) is 0 Å². The van der Waals surface area contributed by atoms with Crippen molar-refractivity contribution in [1.29, 1.82) is 0 Å². The van der Waals surface area contributed by atoms with Crippen molar-refractivity contribution in [2.24, 2.45) is 0 Å². The zero-order valence-electron chi connectivity index (χ0n) is 13.3. The predicted molar refractivity (Wildman–Crippen MR) is 95.7 cm³/mol. The maximum absolute atomic E-state index is 11.8. The van der Waals surface area contributed by atoms with Crippen LogP contribution in [0.5, 0.6) is 0 Å². The lowest BCUT2D eigenvalue weighted by Crippen LogP contribution is -1.98. The van der Waals surface area contributed by atoms with Crippen molar-refractivity contribution >= 4 is 20.9 Å². The van der Waals surface area contributed by atoms with Crippen LogP contribution in [0.3, 0.4) is 0 Å². The summed E-state index contributed by atoms with van der Waals surface area (Å²) in [6.07, 6.45) is 4.41. The summed E-state index contributed by atoms with van der Waals surface area (Å²) in [5, 5.41) is 0. The van der Waals surface area contributed by atoms with Gasteiger partial charge in [0.15, 0.2) is 15.7 Å². The maximum Gasteiger partial charge on any atom is 0.175 e. The van der Waals surface area contributed by atoms with Gasteiger partial charge in [0.05, 0.1) is 34.0 Å². The molecule has 4 aromatic rings. The highest BCUT2D eigenvalue weighted by Gasteiger charge is 2.11. The SMILES string of the molecule is CS(=O)(=O)c1cccc(-c2cncc(-c3nc4ccccc4[nH]3)n2)c1. The summed E-state index contributed by atoms with van der Waals surface area (Å²) in [6.45, 7) is 0.